The summed E-state index contributed by atoms with van der Waals surface area (Å²) in [4.78, 5) is 17.3. The second-order valence-corrected chi connectivity index (χ2v) is 7.14. The third kappa shape index (κ3) is 3.25. The van der Waals surface area contributed by atoms with Gasteiger partial charge in [0, 0.05) is 18.5 Å². The lowest BCUT2D eigenvalue weighted by Crippen LogP contribution is -2.31. The van der Waals surface area contributed by atoms with Crippen LogP contribution >= 0.6 is 11.8 Å². The number of fused-ring (bicyclic) bond motifs is 2. The van der Waals surface area contributed by atoms with E-state index in [-0.39, 0.29) is 11.9 Å². The molecule has 9 heteroatoms. The molecule has 0 aliphatic heterocycles. The van der Waals surface area contributed by atoms with Crippen molar-refractivity contribution in [3.8, 4) is 0 Å². The van der Waals surface area contributed by atoms with Crippen molar-refractivity contribution < 1.29 is 4.79 Å². The molecule has 0 spiro atoms. The van der Waals surface area contributed by atoms with Gasteiger partial charge in [0.05, 0.1) is 23.5 Å². The molecule has 4 aromatic heterocycles. The first-order valence-corrected chi connectivity index (χ1v) is 9.97. The van der Waals surface area contributed by atoms with Gasteiger partial charge in [0.1, 0.15) is 0 Å². The molecular weight excluding hydrogens is 362 g/mol. The molecule has 0 saturated heterocycles. The third-order valence-electron chi connectivity index (χ3n) is 4.47. The SMILES string of the molecule is CSCC[C@@H](NC(=O)c1cnc2ccnn2c1C)c1nnc2ccccn12. The van der Waals surface area contributed by atoms with E-state index < -0.39 is 0 Å². The predicted octanol–water partition coefficient (Wildman–Crippen LogP) is 2.30. The van der Waals surface area contributed by atoms with Crippen molar-refractivity contribution in [3.05, 3.63) is 59.9 Å². The number of aryl methyl sites for hydroxylation is 1. The standard InChI is InChI=1S/C18H19N7OS/c1-12-13(11-19-15-6-8-20-25(12)15)18(26)21-14(7-10-27-2)17-23-22-16-5-3-4-9-24(16)17/h3-6,8-9,11,14H,7,10H2,1-2H3,(H,21,26)/t14-/m1/s1. The molecule has 0 bridgehead atoms. The number of rotatable bonds is 6. The van der Waals surface area contributed by atoms with Crippen LogP contribution in [0.1, 0.15) is 34.3 Å². The fourth-order valence-electron chi connectivity index (χ4n) is 3.05. The molecule has 0 radical (unpaired) electrons. The summed E-state index contributed by atoms with van der Waals surface area (Å²) in [5.41, 5.74) is 2.71. The van der Waals surface area contributed by atoms with E-state index >= 15 is 0 Å². The number of nitrogens with zero attached hydrogens (tertiary/aromatic N) is 6. The molecule has 1 atom stereocenters. The maximum Gasteiger partial charge on any atom is 0.255 e. The van der Waals surface area contributed by atoms with Crippen molar-refractivity contribution in [1.82, 2.24) is 34.5 Å². The minimum Gasteiger partial charge on any atom is -0.342 e. The lowest BCUT2D eigenvalue weighted by atomic mass is 10.1. The van der Waals surface area contributed by atoms with Gasteiger partial charge in [-0.05, 0) is 37.5 Å². The van der Waals surface area contributed by atoms with Crippen LogP contribution in [-0.2, 0) is 0 Å². The van der Waals surface area contributed by atoms with Crippen molar-refractivity contribution in [2.24, 2.45) is 0 Å². The van der Waals surface area contributed by atoms with Gasteiger partial charge in [0.25, 0.3) is 5.91 Å². The normalized spacial score (nSPS) is 12.5. The molecule has 1 N–H and O–H groups in total. The van der Waals surface area contributed by atoms with Crippen molar-refractivity contribution in [1.29, 1.82) is 0 Å². The average molecular weight is 381 g/mol. The van der Waals surface area contributed by atoms with Gasteiger partial charge < -0.3 is 5.32 Å². The first-order valence-electron chi connectivity index (χ1n) is 8.58. The van der Waals surface area contributed by atoms with Crippen LogP contribution in [0, 0.1) is 6.92 Å². The Morgan fingerprint density at radius 3 is 3.00 bits per heavy atom. The highest BCUT2D eigenvalue weighted by molar-refractivity contribution is 7.98. The van der Waals surface area contributed by atoms with Gasteiger partial charge in [0.15, 0.2) is 17.1 Å². The topological polar surface area (TPSA) is 89.5 Å². The van der Waals surface area contributed by atoms with Crippen LogP contribution in [0.15, 0.2) is 42.9 Å². The number of hydrogen-bond acceptors (Lipinski definition) is 6. The van der Waals surface area contributed by atoms with Crippen LogP contribution < -0.4 is 5.32 Å². The Morgan fingerprint density at radius 1 is 1.26 bits per heavy atom. The quantitative estimate of drug-likeness (QED) is 0.551. The fourth-order valence-corrected chi connectivity index (χ4v) is 3.52. The van der Waals surface area contributed by atoms with E-state index in [1.807, 2.05) is 42.0 Å². The first-order chi connectivity index (χ1) is 13.2. The van der Waals surface area contributed by atoms with Crippen LogP contribution in [0.5, 0.6) is 0 Å². The smallest absolute Gasteiger partial charge is 0.255 e. The molecule has 0 aliphatic rings. The zero-order valence-corrected chi connectivity index (χ0v) is 15.8. The van der Waals surface area contributed by atoms with Crippen molar-refractivity contribution in [3.63, 3.8) is 0 Å². The Bertz CT molecular complexity index is 1100. The summed E-state index contributed by atoms with van der Waals surface area (Å²) in [5, 5.41) is 15.9. The summed E-state index contributed by atoms with van der Waals surface area (Å²) < 4.78 is 3.57. The molecule has 0 saturated carbocycles. The van der Waals surface area contributed by atoms with Gasteiger partial charge in [0.2, 0.25) is 0 Å². The van der Waals surface area contributed by atoms with Gasteiger partial charge in [-0.3, -0.25) is 9.20 Å². The number of aromatic nitrogens is 6. The lowest BCUT2D eigenvalue weighted by molar-refractivity contribution is 0.0932. The first kappa shape index (κ1) is 17.5. The van der Waals surface area contributed by atoms with Crippen LogP contribution in [0.2, 0.25) is 0 Å². The monoisotopic (exact) mass is 381 g/mol. The number of carbonyl (C=O) groups excluding carboxylic acids is 1. The highest BCUT2D eigenvalue weighted by atomic mass is 32.2. The molecule has 138 valence electrons. The van der Waals surface area contributed by atoms with E-state index in [2.05, 4.69) is 25.6 Å². The van der Waals surface area contributed by atoms with Crippen molar-refractivity contribution in [2.45, 2.75) is 19.4 Å². The van der Waals surface area contributed by atoms with E-state index in [1.54, 1.807) is 34.7 Å². The molecule has 0 fully saturated rings. The molecule has 1 amide bonds. The Balaban J connectivity index is 1.66. The number of thioether (sulfide) groups is 1. The minimum atomic E-state index is -0.255. The average Bonchev–Trinajstić information content (AvgIpc) is 3.32. The molecule has 0 aromatic carbocycles. The molecule has 4 aromatic rings. The Labute approximate surface area is 160 Å². The summed E-state index contributed by atoms with van der Waals surface area (Å²) in [6.45, 7) is 1.86. The van der Waals surface area contributed by atoms with Gasteiger partial charge in [-0.25, -0.2) is 9.50 Å². The molecule has 4 rings (SSSR count). The highest BCUT2D eigenvalue weighted by Gasteiger charge is 2.22. The van der Waals surface area contributed by atoms with E-state index in [0.29, 0.717) is 11.2 Å². The number of hydrogen-bond donors (Lipinski definition) is 1. The molecule has 0 unspecified atom stereocenters. The molecular formula is C18H19N7OS. The van der Waals surface area contributed by atoms with Gasteiger partial charge in [-0.15, -0.1) is 10.2 Å². The molecule has 27 heavy (non-hydrogen) atoms. The largest absolute Gasteiger partial charge is 0.342 e. The highest BCUT2D eigenvalue weighted by Crippen LogP contribution is 2.19. The summed E-state index contributed by atoms with van der Waals surface area (Å²) >= 11 is 1.73. The van der Waals surface area contributed by atoms with Crippen LogP contribution in [0.3, 0.4) is 0 Å². The summed E-state index contributed by atoms with van der Waals surface area (Å²) in [7, 11) is 0. The zero-order valence-electron chi connectivity index (χ0n) is 15.0. The Morgan fingerprint density at radius 2 is 2.15 bits per heavy atom. The molecule has 4 heterocycles. The van der Waals surface area contributed by atoms with E-state index in [4.69, 9.17) is 0 Å². The van der Waals surface area contributed by atoms with E-state index in [9.17, 15) is 4.79 Å². The second kappa shape index (κ2) is 7.36. The third-order valence-corrected chi connectivity index (χ3v) is 5.11. The Hall–Kier alpha value is -2.94. The zero-order chi connectivity index (χ0) is 18.8. The van der Waals surface area contributed by atoms with Crippen molar-refractivity contribution >= 4 is 29.0 Å². The minimum absolute atomic E-state index is 0.198. The summed E-state index contributed by atoms with van der Waals surface area (Å²) in [5.74, 6) is 1.41. The lowest BCUT2D eigenvalue weighted by Gasteiger charge is -2.18. The van der Waals surface area contributed by atoms with E-state index in [0.717, 1.165) is 29.3 Å². The maximum absolute atomic E-state index is 13.0. The number of carbonyl (C=O) groups is 1. The Kier molecular flexibility index (Phi) is 4.76. The van der Waals surface area contributed by atoms with Crippen molar-refractivity contribution in [2.75, 3.05) is 12.0 Å². The van der Waals surface area contributed by atoms with Gasteiger partial charge >= 0.3 is 0 Å². The second-order valence-electron chi connectivity index (χ2n) is 6.15. The van der Waals surface area contributed by atoms with Crippen LogP contribution in [-0.4, -0.2) is 47.1 Å². The van der Waals surface area contributed by atoms with E-state index in [1.165, 1.54) is 0 Å². The molecule has 0 aliphatic carbocycles. The fraction of sp³-hybridized carbons (Fsp3) is 0.278. The van der Waals surface area contributed by atoms with Gasteiger partial charge in [-0.2, -0.15) is 16.9 Å². The number of pyridine rings is 1. The number of amides is 1. The van der Waals surface area contributed by atoms with Crippen LogP contribution in [0.25, 0.3) is 11.3 Å². The summed E-state index contributed by atoms with van der Waals surface area (Å²) in [6, 6.07) is 7.28. The van der Waals surface area contributed by atoms with Gasteiger partial charge in [-0.1, -0.05) is 6.07 Å². The maximum atomic E-state index is 13.0. The number of nitrogens with one attached hydrogen (secondary N) is 1. The van der Waals surface area contributed by atoms with Crippen LogP contribution in [0.4, 0.5) is 0 Å². The summed E-state index contributed by atoms with van der Waals surface area (Å²) in [6.07, 6.45) is 7.96. The molecule has 8 nitrogen and oxygen atoms in total. The predicted molar refractivity (Wildman–Crippen MR) is 104 cm³/mol.